The van der Waals surface area contributed by atoms with Crippen LogP contribution in [0.2, 0.25) is 0 Å². The third kappa shape index (κ3) is 9.20. The molecule has 106 valence electrons. The largest absolute Gasteiger partial charge is 0.465 e. The first kappa shape index (κ1) is 17.1. The van der Waals surface area contributed by atoms with Crippen molar-refractivity contribution >= 4 is 11.8 Å². The molecular weight excluding hydrogens is 228 g/mol. The molecule has 0 amide bonds. The molecule has 0 rings (SSSR count). The Morgan fingerprint density at radius 3 is 2.33 bits per heavy atom. The number of hydrogen-bond acceptors (Lipinski definition) is 3. The van der Waals surface area contributed by atoms with E-state index in [0.717, 1.165) is 44.9 Å². The van der Waals surface area contributed by atoms with Crippen molar-refractivity contribution in [2.45, 2.75) is 72.1 Å². The van der Waals surface area contributed by atoms with E-state index in [0.29, 0.717) is 13.0 Å². The smallest absolute Gasteiger partial charge is 0.308 e. The first-order valence-corrected chi connectivity index (χ1v) is 7.27. The lowest BCUT2D eigenvalue weighted by Crippen LogP contribution is -2.17. The highest BCUT2D eigenvalue weighted by Crippen LogP contribution is 2.14. The van der Waals surface area contributed by atoms with Gasteiger partial charge in [-0.25, -0.2) is 0 Å². The van der Waals surface area contributed by atoms with Crippen LogP contribution >= 0.6 is 0 Å². The molecule has 0 aliphatic heterocycles. The molecule has 18 heavy (non-hydrogen) atoms. The second-order valence-electron chi connectivity index (χ2n) is 4.93. The van der Waals surface area contributed by atoms with E-state index in [2.05, 4.69) is 6.92 Å². The number of rotatable bonds is 11. The van der Waals surface area contributed by atoms with E-state index in [-0.39, 0.29) is 17.7 Å². The second kappa shape index (κ2) is 11.2. The van der Waals surface area contributed by atoms with Crippen LogP contribution in [0, 0.1) is 5.92 Å². The molecule has 3 nitrogen and oxygen atoms in total. The van der Waals surface area contributed by atoms with Crippen molar-refractivity contribution in [2.24, 2.45) is 5.92 Å². The van der Waals surface area contributed by atoms with Gasteiger partial charge in [0, 0.05) is 6.42 Å². The fourth-order valence-electron chi connectivity index (χ4n) is 1.88. The van der Waals surface area contributed by atoms with Gasteiger partial charge < -0.3 is 9.53 Å². The predicted octanol–water partition coefficient (Wildman–Crippen LogP) is 3.90. The van der Waals surface area contributed by atoms with Gasteiger partial charge in [0.2, 0.25) is 0 Å². The number of hydrogen-bond donors (Lipinski definition) is 0. The number of unbranched alkanes of at least 4 members (excludes halogenated alkanes) is 3. The van der Waals surface area contributed by atoms with E-state index in [1.807, 2.05) is 6.92 Å². The average molecular weight is 256 g/mol. The molecular formula is C15H28O3. The Morgan fingerprint density at radius 2 is 1.78 bits per heavy atom. The molecule has 3 heteroatoms. The van der Waals surface area contributed by atoms with Gasteiger partial charge in [-0.15, -0.1) is 0 Å². The molecule has 0 spiro atoms. The number of ketones is 1. The Labute approximate surface area is 111 Å². The zero-order chi connectivity index (χ0) is 13.8. The van der Waals surface area contributed by atoms with Gasteiger partial charge in [-0.3, -0.25) is 4.79 Å². The van der Waals surface area contributed by atoms with Gasteiger partial charge in [-0.05, 0) is 39.0 Å². The van der Waals surface area contributed by atoms with Crippen LogP contribution < -0.4 is 0 Å². The van der Waals surface area contributed by atoms with Gasteiger partial charge in [-0.1, -0.05) is 26.7 Å². The fourth-order valence-corrected chi connectivity index (χ4v) is 1.88. The Bertz CT molecular complexity index is 236. The molecule has 0 aliphatic rings. The monoisotopic (exact) mass is 256 g/mol. The van der Waals surface area contributed by atoms with Gasteiger partial charge in [0.25, 0.3) is 0 Å². The molecule has 0 aromatic carbocycles. The number of esters is 1. The Hall–Kier alpha value is -0.860. The molecule has 0 saturated carbocycles. The van der Waals surface area contributed by atoms with E-state index in [9.17, 15) is 9.59 Å². The molecule has 0 N–H and O–H groups in total. The van der Waals surface area contributed by atoms with Crippen LogP contribution in [0.25, 0.3) is 0 Å². The Morgan fingerprint density at radius 1 is 1.06 bits per heavy atom. The molecule has 0 aliphatic carbocycles. The number of Topliss-reactive ketones (excluding diaryl/α,β-unsaturated/α-hetero) is 1. The maximum absolute atomic E-state index is 11.7. The maximum Gasteiger partial charge on any atom is 0.308 e. The second-order valence-corrected chi connectivity index (χ2v) is 4.93. The highest BCUT2D eigenvalue weighted by molar-refractivity contribution is 5.75. The standard InChI is InChI=1S/C15H28O3/c1-4-6-11-14(5-2)15(17)18-12-9-7-8-10-13(3)16/h14H,4-12H2,1-3H3. The van der Waals surface area contributed by atoms with Gasteiger partial charge in [0.05, 0.1) is 12.5 Å². The lowest BCUT2D eigenvalue weighted by molar-refractivity contribution is -0.149. The van der Waals surface area contributed by atoms with Crippen LogP contribution in [-0.2, 0) is 14.3 Å². The zero-order valence-corrected chi connectivity index (χ0v) is 12.2. The van der Waals surface area contributed by atoms with Crippen LogP contribution in [0.5, 0.6) is 0 Å². The van der Waals surface area contributed by atoms with Gasteiger partial charge in [-0.2, -0.15) is 0 Å². The maximum atomic E-state index is 11.7. The van der Waals surface area contributed by atoms with Crippen LogP contribution in [0.4, 0.5) is 0 Å². The van der Waals surface area contributed by atoms with Crippen molar-refractivity contribution in [1.82, 2.24) is 0 Å². The summed E-state index contributed by atoms with van der Waals surface area (Å²) >= 11 is 0. The summed E-state index contributed by atoms with van der Waals surface area (Å²) in [5, 5.41) is 0. The van der Waals surface area contributed by atoms with Crippen LogP contribution in [0.3, 0.4) is 0 Å². The summed E-state index contributed by atoms with van der Waals surface area (Å²) in [6.07, 6.45) is 7.38. The fraction of sp³-hybridized carbons (Fsp3) is 0.867. The number of carbonyl (C=O) groups excluding carboxylic acids is 2. The minimum Gasteiger partial charge on any atom is -0.465 e. The molecule has 0 fully saturated rings. The van der Waals surface area contributed by atoms with Gasteiger partial charge in [0.15, 0.2) is 0 Å². The van der Waals surface area contributed by atoms with Crippen molar-refractivity contribution in [3.8, 4) is 0 Å². The highest BCUT2D eigenvalue weighted by Gasteiger charge is 2.16. The molecule has 0 radical (unpaired) electrons. The normalized spacial score (nSPS) is 12.2. The Kier molecular flexibility index (Phi) is 10.7. The van der Waals surface area contributed by atoms with Crippen LogP contribution in [0.1, 0.15) is 72.1 Å². The van der Waals surface area contributed by atoms with Crippen molar-refractivity contribution in [1.29, 1.82) is 0 Å². The first-order chi connectivity index (χ1) is 8.61. The minimum atomic E-state index is -0.0440. The first-order valence-electron chi connectivity index (χ1n) is 7.27. The zero-order valence-electron chi connectivity index (χ0n) is 12.2. The summed E-state index contributed by atoms with van der Waals surface area (Å²) in [5.41, 5.74) is 0. The average Bonchev–Trinajstić information content (AvgIpc) is 2.34. The highest BCUT2D eigenvalue weighted by atomic mass is 16.5. The third-order valence-electron chi connectivity index (χ3n) is 3.15. The third-order valence-corrected chi connectivity index (χ3v) is 3.15. The summed E-state index contributed by atoms with van der Waals surface area (Å²) in [6.45, 7) is 6.28. The summed E-state index contributed by atoms with van der Waals surface area (Å²) in [5.74, 6) is 0.261. The minimum absolute atomic E-state index is 0.0440. The lowest BCUT2D eigenvalue weighted by Gasteiger charge is -2.13. The van der Waals surface area contributed by atoms with Crippen molar-refractivity contribution in [3.63, 3.8) is 0 Å². The molecule has 1 atom stereocenters. The summed E-state index contributed by atoms with van der Waals surface area (Å²) in [6, 6.07) is 0. The van der Waals surface area contributed by atoms with Crippen LogP contribution in [-0.4, -0.2) is 18.4 Å². The van der Waals surface area contributed by atoms with E-state index in [4.69, 9.17) is 4.74 Å². The molecule has 0 bridgehead atoms. The van der Waals surface area contributed by atoms with Gasteiger partial charge >= 0.3 is 5.97 Å². The molecule has 0 heterocycles. The van der Waals surface area contributed by atoms with Crippen molar-refractivity contribution in [3.05, 3.63) is 0 Å². The van der Waals surface area contributed by atoms with Crippen LogP contribution in [0.15, 0.2) is 0 Å². The SMILES string of the molecule is CCCCC(CC)C(=O)OCCCCCC(C)=O. The Balaban J connectivity index is 3.58. The van der Waals surface area contributed by atoms with E-state index >= 15 is 0 Å². The molecule has 0 aromatic rings. The molecule has 0 saturated heterocycles. The molecule has 1 unspecified atom stereocenters. The van der Waals surface area contributed by atoms with E-state index < -0.39 is 0 Å². The number of carbonyl (C=O) groups is 2. The summed E-state index contributed by atoms with van der Waals surface area (Å²) < 4.78 is 5.28. The summed E-state index contributed by atoms with van der Waals surface area (Å²) in [7, 11) is 0. The van der Waals surface area contributed by atoms with Crippen molar-refractivity contribution in [2.75, 3.05) is 6.61 Å². The quantitative estimate of drug-likeness (QED) is 0.416. The predicted molar refractivity (Wildman–Crippen MR) is 73.4 cm³/mol. The van der Waals surface area contributed by atoms with Crippen molar-refractivity contribution < 1.29 is 14.3 Å². The van der Waals surface area contributed by atoms with E-state index in [1.54, 1.807) is 6.92 Å². The molecule has 0 aromatic heterocycles. The number of ether oxygens (including phenoxy) is 1. The summed E-state index contributed by atoms with van der Waals surface area (Å²) in [4.78, 5) is 22.5. The topological polar surface area (TPSA) is 43.4 Å². The lowest BCUT2D eigenvalue weighted by atomic mass is 10.00. The van der Waals surface area contributed by atoms with E-state index in [1.165, 1.54) is 0 Å². The van der Waals surface area contributed by atoms with Gasteiger partial charge in [0.1, 0.15) is 5.78 Å².